The maximum Gasteiger partial charge on any atom is 0.141 e. The second-order valence-electron chi connectivity index (χ2n) is 4.09. The molecule has 0 unspecified atom stereocenters. The van der Waals surface area contributed by atoms with E-state index in [1.54, 1.807) is 24.3 Å². The topological polar surface area (TPSA) is 59.1 Å². The van der Waals surface area contributed by atoms with Crippen LogP contribution in [0.25, 0.3) is 0 Å². The van der Waals surface area contributed by atoms with Gasteiger partial charge < -0.3 is 10.5 Å². The monoisotopic (exact) mass is 312 g/mol. The number of rotatable bonds is 4. The minimum absolute atomic E-state index is 0.0315. The predicted molar refractivity (Wildman–Crippen MR) is 78.2 cm³/mol. The number of amidine groups is 1. The summed E-state index contributed by atoms with van der Waals surface area (Å²) in [6.45, 7) is 0.167. The molecule has 0 aromatic heterocycles. The first-order valence-electron chi connectivity index (χ1n) is 5.68. The quantitative estimate of drug-likeness (QED) is 0.662. The van der Waals surface area contributed by atoms with E-state index in [4.69, 9.17) is 39.1 Å². The molecule has 2 aromatic rings. The standard InChI is InChI=1S/C14H11Cl2FN2O/c15-9-2-3-10(14(18)19)13(6-9)20-7-8-1-4-12(17)11(16)5-8/h1-6H,7H2,(H3,18,19). The van der Waals surface area contributed by atoms with Crippen molar-refractivity contribution >= 4 is 29.0 Å². The molecule has 0 heterocycles. The first kappa shape index (κ1) is 14.6. The van der Waals surface area contributed by atoms with Crippen LogP contribution in [0, 0.1) is 11.2 Å². The maximum atomic E-state index is 13.0. The van der Waals surface area contributed by atoms with Crippen LogP contribution in [0.15, 0.2) is 36.4 Å². The Bertz CT molecular complexity index is 662. The lowest BCUT2D eigenvalue weighted by molar-refractivity contribution is 0.305. The molecule has 0 aliphatic rings. The Morgan fingerprint density at radius 3 is 2.60 bits per heavy atom. The number of nitrogens with two attached hydrogens (primary N) is 1. The third kappa shape index (κ3) is 3.40. The van der Waals surface area contributed by atoms with Crippen molar-refractivity contribution in [1.82, 2.24) is 0 Å². The second-order valence-corrected chi connectivity index (χ2v) is 4.93. The third-order valence-electron chi connectivity index (χ3n) is 2.61. The Labute approximate surface area is 125 Å². The summed E-state index contributed by atoms with van der Waals surface area (Å²) in [7, 11) is 0. The number of ether oxygens (including phenoxy) is 1. The molecule has 0 amide bonds. The van der Waals surface area contributed by atoms with Gasteiger partial charge in [0.25, 0.3) is 0 Å². The van der Waals surface area contributed by atoms with Gasteiger partial charge in [-0.05, 0) is 35.9 Å². The molecule has 104 valence electrons. The van der Waals surface area contributed by atoms with Gasteiger partial charge in [-0.1, -0.05) is 29.3 Å². The van der Waals surface area contributed by atoms with Crippen molar-refractivity contribution in [2.24, 2.45) is 5.73 Å². The molecule has 3 nitrogen and oxygen atoms in total. The van der Waals surface area contributed by atoms with Gasteiger partial charge in [0.2, 0.25) is 0 Å². The summed E-state index contributed by atoms with van der Waals surface area (Å²) in [5.74, 6) is -0.207. The summed E-state index contributed by atoms with van der Waals surface area (Å²) < 4.78 is 18.6. The van der Waals surface area contributed by atoms with E-state index < -0.39 is 5.82 Å². The number of hydrogen-bond donors (Lipinski definition) is 2. The normalized spacial score (nSPS) is 10.3. The van der Waals surface area contributed by atoms with Crippen LogP contribution in [0.4, 0.5) is 4.39 Å². The van der Waals surface area contributed by atoms with E-state index in [-0.39, 0.29) is 17.5 Å². The zero-order chi connectivity index (χ0) is 14.7. The summed E-state index contributed by atoms with van der Waals surface area (Å²) >= 11 is 11.6. The summed E-state index contributed by atoms with van der Waals surface area (Å²) in [5.41, 5.74) is 6.61. The van der Waals surface area contributed by atoms with Crippen LogP contribution in [0.2, 0.25) is 10.0 Å². The van der Waals surface area contributed by atoms with E-state index in [2.05, 4.69) is 0 Å². The molecule has 0 aliphatic carbocycles. The van der Waals surface area contributed by atoms with Crippen molar-refractivity contribution < 1.29 is 9.13 Å². The number of nitrogen functional groups attached to an aromatic ring is 1. The minimum Gasteiger partial charge on any atom is -0.488 e. The van der Waals surface area contributed by atoms with E-state index >= 15 is 0 Å². The fraction of sp³-hybridized carbons (Fsp3) is 0.0714. The molecule has 0 fully saturated rings. The molecule has 6 heteroatoms. The third-order valence-corrected chi connectivity index (χ3v) is 3.14. The maximum absolute atomic E-state index is 13.0. The van der Waals surface area contributed by atoms with Gasteiger partial charge in [-0.2, -0.15) is 0 Å². The van der Waals surface area contributed by atoms with Crippen molar-refractivity contribution in [3.05, 3.63) is 63.4 Å². The molecule has 2 rings (SSSR count). The molecule has 20 heavy (non-hydrogen) atoms. The largest absolute Gasteiger partial charge is 0.488 e. The van der Waals surface area contributed by atoms with Crippen molar-refractivity contribution in [3.8, 4) is 5.75 Å². The number of nitrogens with one attached hydrogen (secondary N) is 1. The highest BCUT2D eigenvalue weighted by Gasteiger charge is 2.08. The van der Waals surface area contributed by atoms with Gasteiger partial charge in [0.05, 0.1) is 10.6 Å². The van der Waals surface area contributed by atoms with Gasteiger partial charge >= 0.3 is 0 Å². The van der Waals surface area contributed by atoms with Gasteiger partial charge in [-0.15, -0.1) is 0 Å². The fourth-order valence-electron chi connectivity index (χ4n) is 1.63. The Morgan fingerprint density at radius 2 is 1.95 bits per heavy atom. The summed E-state index contributed by atoms with van der Waals surface area (Å²) in [6.07, 6.45) is 0. The van der Waals surface area contributed by atoms with Crippen LogP contribution in [-0.2, 0) is 6.61 Å². The highest BCUT2D eigenvalue weighted by molar-refractivity contribution is 6.31. The zero-order valence-electron chi connectivity index (χ0n) is 10.3. The number of benzene rings is 2. The van der Waals surface area contributed by atoms with Gasteiger partial charge in [-0.25, -0.2) is 4.39 Å². The number of halogens is 3. The number of hydrogen-bond acceptors (Lipinski definition) is 2. The molecule has 0 atom stereocenters. The second kappa shape index (κ2) is 6.11. The molecule has 0 radical (unpaired) electrons. The molecule has 2 aromatic carbocycles. The van der Waals surface area contributed by atoms with Crippen LogP contribution in [0.3, 0.4) is 0 Å². The smallest absolute Gasteiger partial charge is 0.141 e. The first-order chi connectivity index (χ1) is 9.47. The SMILES string of the molecule is N=C(N)c1ccc(Cl)cc1OCc1ccc(F)c(Cl)c1. The predicted octanol–water partition coefficient (Wildman–Crippen LogP) is 4.00. The summed E-state index contributed by atoms with van der Waals surface area (Å²) in [6, 6.07) is 9.12. The van der Waals surface area contributed by atoms with Crippen LogP contribution in [-0.4, -0.2) is 5.84 Å². The highest BCUT2D eigenvalue weighted by Crippen LogP contribution is 2.24. The molecular formula is C14H11Cl2FN2O. The zero-order valence-corrected chi connectivity index (χ0v) is 11.8. The lowest BCUT2D eigenvalue weighted by atomic mass is 10.2. The Balaban J connectivity index is 2.20. The van der Waals surface area contributed by atoms with E-state index in [1.807, 2.05) is 0 Å². The average molecular weight is 313 g/mol. The molecule has 3 N–H and O–H groups in total. The van der Waals surface area contributed by atoms with Crippen LogP contribution < -0.4 is 10.5 Å². The van der Waals surface area contributed by atoms with Crippen LogP contribution in [0.1, 0.15) is 11.1 Å². The minimum atomic E-state index is -0.484. The van der Waals surface area contributed by atoms with E-state index in [0.717, 1.165) is 0 Å². The summed E-state index contributed by atoms with van der Waals surface area (Å²) in [4.78, 5) is 0. The van der Waals surface area contributed by atoms with Crippen molar-refractivity contribution in [2.45, 2.75) is 6.61 Å². The lowest BCUT2D eigenvalue weighted by Crippen LogP contribution is -2.13. The molecule has 0 spiro atoms. The van der Waals surface area contributed by atoms with Crippen LogP contribution in [0.5, 0.6) is 5.75 Å². The molecule has 0 saturated carbocycles. The Hall–Kier alpha value is -1.78. The molecule has 0 saturated heterocycles. The van der Waals surface area contributed by atoms with Gasteiger partial charge in [0.1, 0.15) is 24.0 Å². The van der Waals surface area contributed by atoms with E-state index in [0.29, 0.717) is 21.9 Å². The van der Waals surface area contributed by atoms with E-state index in [9.17, 15) is 4.39 Å². The van der Waals surface area contributed by atoms with E-state index in [1.165, 1.54) is 12.1 Å². The molecule has 0 bridgehead atoms. The summed E-state index contributed by atoms with van der Waals surface area (Å²) in [5, 5.41) is 7.98. The fourth-order valence-corrected chi connectivity index (χ4v) is 1.99. The first-order valence-corrected chi connectivity index (χ1v) is 6.43. The Kier molecular flexibility index (Phi) is 4.47. The average Bonchev–Trinajstić information content (AvgIpc) is 2.40. The van der Waals surface area contributed by atoms with Gasteiger partial charge in [0.15, 0.2) is 0 Å². The molecular weight excluding hydrogens is 302 g/mol. The van der Waals surface area contributed by atoms with Crippen molar-refractivity contribution in [3.63, 3.8) is 0 Å². The van der Waals surface area contributed by atoms with Crippen molar-refractivity contribution in [1.29, 1.82) is 5.41 Å². The lowest BCUT2D eigenvalue weighted by Gasteiger charge is -2.11. The van der Waals surface area contributed by atoms with Gasteiger partial charge in [0, 0.05) is 5.02 Å². The van der Waals surface area contributed by atoms with Crippen molar-refractivity contribution in [2.75, 3.05) is 0 Å². The van der Waals surface area contributed by atoms with Gasteiger partial charge in [-0.3, -0.25) is 5.41 Å². The molecule has 0 aliphatic heterocycles. The highest BCUT2D eigenvalue weighted by atomic mass is 35.5. The Morgan fingerprint density at radius 1 is 1.20 bits per heavy atom. The van der Waals surface area contributed by atoms with Crippen LogP contribution >= 0.6 is 23.2 Å².